The van der Waals surface area contributed by atoms with Crippen LogP contribution in [0.4, 0.5) is 17.1 Å². The van der Waals surface area contributed by atoms with Gasteiger partial charge in [0.05, 0.1) is 16.7 Å². The molecule has 0 radical (unpaired) electrons. The van der Waals surface area contributed by atoms with E-state index in [0.29, 0.717) is 0 Å². The van der Waals surface area contributed by atoms with Gasteiger partial charge in [0, 0.05) is 38.7 Å². The smallest absolute Gasteiger partial charge is 0.260 e. The summed E-state index contributed by atoms with van der Waals surface area (Å²) in [4.78, 5) is 2.38. The molecule has 4 nitrogen and oxygen atoms in total. The minimum atomic E-state index is -0.206. The van der Waals surface area contributed by atoms with Crippen LogP contribution in [0.25, 0.3) is 82.1 Å². The molecule has 0 aliphatic carbocycles. The van der Waals surface area contributed by atoms with Crippen molar-refractivity contribution in [1.29, 1.82) is 0 Å². The Morgan fingerprint density at radius 2 is 0.887 bits per heavy atom. The van der Waals surface area contributed by atoms with E-state index in [1.165, 1.54) is 32.7 Å². The maximum Gasteiger partial charge on any atom is 0.260 e. The fourth-order valence-corrected chi connectivity index (χ4v) is 11.8. The summed E-state index contributed by atoms with van der Waals surface area (Å²) in [6.45, 7) is -0.206. The highest BCUT2D eigenvalue weighted by Gasteiger charge is 2.43. The van der Waals surface area contributed by atoms with Gasteiger partial charge in [0.1, 0.15) is 17.2 Å². The summed E-state index contributed by atoms with van der Waals surface area (Å²) in [5, 5.41) is 9.36. The molecule has 3 heterocycles. The summed E-state index contributed by atoms with van der Waals surface area (Å²) in [5.41, 5.74) is 14.3. The van der Waals surface area contributed by atoms with Crippen LogP contribution in [0.2, 0.25) is 0 Å². The minimum absolute atomic E-state index is 0.206. The first-order chi connectivity index (χ1) is 35.2. The third-order valence-electron chi connectivity index (χ3n) is 14.8. The molecule has 12 aromatic carbocycles. The highest BCUT2D eigenvalue weighted by atomic mass is 16.5. The Balaban J connectivity index is 1.04. The predicted molar refractivity (Wildman–Crippen MR) is 297 cm³/mol. The molecule has 2 aliphatic rings. The Bertz CT molecular complexity index is 4160. The van der Waals surface area contributed by atoms with E-state index in [4.69, 9.17) is 9.47 Å². The lowest BCUT2D eigenvalue weighted by Gasteiger charge is -2.34. The lowest BCUT2D eigenvalue weighted by atomic mass is 9.34. The molecule has 0 unspecified atom stereocenters. The molecule has 0 saturated carbocycles. The zero-order chi connectivity index (χ0) is 46.6. The number of ether oxygens (including phenoxy) is 2. The summed E-state index contributed by atoms with van der Waals surface area (Å²) in [6.07, 6.45) is 0. The Hall–Kier alpha value is -9.32. The van der Waals surface area contributed by atoms with Gasteiger partial charge in [-0.25, -0.2) is 0 Å². The van der Waals surface area contributed by atoms with Gasteiger partial charge in [-0.3, -0.25) is 0 Å². The highest BCUT2D eigenvalue weighted by molar-refractivity contribution is 6.98. The second-order valence-corrected chi connectivity index (χ2v) is 18.7. The molecule has 0 spiro atoms. The Labute approximate surface area is 410 Å². The van der Waals surface area contributed by atoms with E-state index in [9.17, 15) is 0 Å². The largest absolute Gasteiger partial charge is 0.458 e. The Morgan fingerprint density at radius 3 is 1.49 bits per heavy atom. The molecule has 1 aromatic heterocycles. The number of hydrogen-bond donors (Lipinski definition) is 0. The van der Waals surface area contributed by atoms with E-state index < -0.39 is 0 Å². The Kier molecular flexibility index (Phi) is 8.72. The molecule has 2 aliphatic heterocycles. The Morgan fingerprint density at radius 1 is 0.380 bits per heavy atom. The molecule has 330 valence electrons. The van der Waals surface area contributed by atoms with Gasteiger partial charge in [0.25, 0.3) is 6.71 Å². The van der Waals surface area contributed by atoms with Crippen LogP contribution in [0.3, 0.4) is 0 Å². The first-order valence-corrected chi connectivity index (χ1v) is 24.4. The van der Waals surface area contributed by atoms with Crippen LogP contribution >= 0.6 is 0 Å². The van der Waals surface area contributed by atoms with Gasteiger partial charge in [0.2, 0.25) is 0 Å². The van der Waals surface area contributed by atoms with E-state index in [-0.39, 0.29) is 6.71 Å². The van der Waals surface area contributed by atoms with Crippen molar-refractivity contribution in [2.24, 2.45) is 0 Å². The van der Waals surface area contributed by atoms with Crippen LogP contribution in [0.1, 0.15) is 0 Å². The average Bonchev–Trinajstić information content (AvgIpc) is 3.77. The highest BCUT2D eigenvalue weighted by Crippen LogP contribution is 2.50. The molecule has 0 saturated heterocycles. The fraction of sp³-hybridized carbons (Fsp3) is 0. The van der Waals surface area contributed by atoms with Crippen molar-refractivity contribution < 1.29 is 9.47 Å². The number of benzene rings is 12. The lowest BCUT2D eigenvalue weighted by molar-refractivity contribution is 0.468. The topological polar surface area (TPSA) is 26.6 Å². The first kappa shape index (κ1) is 39.7. The minimum Gasteiger partial charge on any atom is -0.458 e. The predicted octanol–water partition coefficient (Wildman–Crippen LogP) is 15.8. The maximum absolute atomic E-state index is 7.51. The van der Waals surface area contributed by atoms with Crippen molar-refractivity contribution in [3.63, 3.8) is 0 Å². The number of rotatable bonds is 6. The summed E-state index contributed by atoms with van der Waals surface area (Å²) in [7, 11) is 0. The summed E-state index contributed by atoms with van der Waals surface area (Å²) in [6, 6.07) is 89.7. The maximum atomic E-state index is 7.51. The number of fused-ring (bicyclic) bond motifs is 12. The second kappa shape index (κ2) is 15.6. The number of anilines is 3. The molecule has 0 atom stereocenters. The van der Waals surface area contributed by atoms with Gasteiger partial charge >= 0.3 is 0 Å². The molecule has 0 fully saturated rings. The number of aromatic nitrogens is 1. The molecule has 0 N–H and O–H groups in total. The van der Waals surface area contributed by atoms with E-state index in [1.54, 1.807) is 0 Å². The third-order valence-corrected chi connectivity index (χ3v) is 14.8. The molecular weight excluding hydrogens is 864 g/mol. The van der Waals surface area contributed by atoms with Crippen molar-refractivity contribution in [2.75, 3.05) is 4.90 Å². The third kappa shape index (κ3) is 6.06. The van der Waals surface area contributed by atoms with Gasteiger partial charge in [-0.15, -0.1) is 0 Å². The van der Waals surface area contributed by atoms with Crippen LogP contribution in [0.15, 0.2) is 249 Å². The van der Waals surface area contributed by atoms with Crippen LogP contribution in [-0.2, 0) is 0 Å². The van der Waals surface area contributed by atoms with E-state index in [0.717, 1.165) is 106 Å². The van der Waals surface area contributed by atoms with Gasteiger partial charge < -0.3 is 18.9 Å². The van der Waals surface area contributed by atoms with Crippen molar-refractivity contribution in [2.45, 2.75) is 0 Å². The fourth-order valence-electron chi connectivity index (χ4n) is 11.8. The molecule has 15 rings (SSSR count). The quantitative estimate of drug-likeness (QED) is 0.156. The molecule has 0 amide bonds. The van der Waals surface area contributed by atoms with Crippen molar-refractivity contribution in [3.05, 3.63) is 249 Å². The van der Waals surface area contributed by atoms with Gasteiger partial charge in [-0.2, -0.15) is 0 Å². The van der Waals surface area contributed by atoms with E-state index in [1.807, 2.05) is 0 Å². The van der Waals surface area contributed by atoms with E-state index in [2.05, 4.69) is 258 Å². The number of para-hydroxylation sites is 3. The van der Waals surface area contributed by atoms with Crippen LogP contribution in [0, 0.1) is 0 Å². The van der Waals surface area contributed by atoms with Crippen LogP contribution < -0.4 is 30.8 Å². The standard InChI is InChI=1S/C66H41BN2O2/c1-4-22-46(23-5-1)68(47-24-6-2-7-25-47)58-41-59-63(54-31-15-14-30-53(54)58)55-40-62-64-66(65(55)69(59)48-26-8-3-9-27-48)71-61-37-35-45(52-33-17-21-43-19-11-13-29-50(43)52)39-57(61)67(64)56-38-44(34-36-60(56)70-62)51-32-16-20-42-18-10-12-28-49(42)51/h1-41H. The summed E-state index contributed by atoms with van der Waals surface area (Å²) < 4.78 is 17.2. The molecule has 71 heavy (non-hydrogen) atoms. The normalized spacial score (nSPS) is 12.4. The molecule has 13 aromatic rings. The van der Waals surface area contributed by atoms with Crippen molar-refractivity contribution in [3.8, 4) is 50.9 Å². The van der Waals surface area contributed by atoms with Crippen molar-refractivity contribution >= 4 is 94.3 Å². The van der Waals surface area contributed by atoms with Crippen LogP contribution in [0.5, 0.6) is 23.0 Å². The summed E-state index contributed by atoms with van der Waals surface area (Å²) in [5.74, 6) is 3.30. The van der Waals surface area contributed by atoms with Gasteiger partial charge in [-0.1, -0.05) is 188 Å². The lowest BCUT2D eigenvalue weighted by Crippen LogP contribution is -2.57. The monoisotopic (exact) mass is 904 g/mol. The number of hydrogen-bond acceptors (Lipinski definition) is 3. The second-order valence-electron chi connectivity index (χ2n) is 18.7. The van der Waals surface area contributed by atoms with Crippen molar-refractivity contribution in [1.82, 2.24) is 4.57 Å². The molecular formula is C66H41BN2O2. The van der Waals surface area contributed by atoms with Gasteiger partial charge in [0.15, 0.2) is 5.75 Å². The zero-order valence-electron chi connectivity index (χ0n) is 38.5. The van der Waals surface area contributed by atoms with E-state index >= 15 is 0 Å². The summed E-state index contributed by atoms with van der Waals surface area (Å²) >= 11 is 0. The first-order valence-electron chi connectivity index (χ1n) is 24.4. The number of nitrogens with zero attached hydrogens (tertiary/aromatic N) is 2. The SMILES string of the molecule is c1ccc(N(c2ccccc2)c2cc3c(c4ccccc24)c2cc4c5c(c2n3-c2ccccc2)Oc2ccc(-c3cccc6ccccc36)cc2B5c2cc(-c3cccc5ccccc35)ccc2O4)cc1. The van der Waals surface area contributed by atoms with Gasteiger partial charge in [-0.05, 0) is 121 Å². The zero-order valence-corrected chi connectivity index (χ0v) is 38.5. The molecule has 5 heteroatoms. The van der Waals surface area contributed by atoms with Crippen LogP contribution in [-0.4, -0.2) is 11.3 Å². The molecule has 0 bridgehead atoms. The average molecular weight is 905 g/mol.